The molecule has 3 aromatic carbocycles. The van der Waals surface area contributed by atoms with Gasteiger partial charge in [-0.15, -0.1) is 6.92 Å². The zero-order chi connectivity index (χ0) is 38.5. The van der Waals surface area contributed by atoms with Crippen LogP contribution in [-0.2, 0) is 58.2 Å². The normalized spacial score (nSPS) is 16.6. The fourth-order valence-electron chi connectivity index (χ4n) is 8.84. The van der Waals surface area contributed by atoms with Crippen molar-refractivity contribution in [3.63, 3.8) is 0 Å². The second-order valence-electron chi connectivity index (χ2n) is 18.6. The zero-order valence-corrected chi connectivity index (χ0v) is 42.6. The number of halogens is 3. The van der Waals surface area contributed by atoms with Gasteiger partial charge in [-0.2, -0.15) is 11.1 Å². The minimum atomic E-state index is -2.94. The molecule has 0 heterocycles. The number of allylic oxidation sites excluding steroid dienone is 4. The van der Waals surface area contributed by atoms with Crippen LogP contribution in [0.15, 0.2) is 71.3 Å². The summed E-state index contributed by atoms with van der Waals surface area (Å²) in [6, 6.07) is 23.7. The molecule has 3 aromatic rings. The zero-order valence-electron chi connectivity index (χ0n) is 37.8. The molecule has 1 aliphatic rings. The maximum absolute atomic E-state index is 4.32. The van der Waals surface area contributed by atoms with E-state index in [1.54, 1.807) is 26.7 Å². The molecule has 308 valence electrons. The molecule has 56 heavy (non-hydrogen) atoms. The predicted octanol–water partition coefficient (Wildman–Crippen LogP) is 3.99. The van der Waals surface area contributed by atoms with Crippen molar-refractivity contribution in [2.75, 3.05) is 0 Å². The van der Waals surface area contributed by atoms with Crippen LogP contribution < -0.4 is 52.8 Å². The van der Waals surface area contributed by atoms with E-state index < -0.39 is 8.07 Å². The van der Waals surface area contributed by atoms with E-state index in [4.69, 9.17) is 0 Å². The number of hydrogen-bond acceptors (Lipinski definition) is 0. The summed E-state index contributed by atoms with van der Waals surface area (Å²) in [5.41, 5.74) is 13.2. The molecule has 0 amide bonds. The third-order valence-electron chi connectivity index (χ3n) is 12.6. The van der Waals surface area contributed by atoms with Crippen molar-refractivity contribution in [1.29, 1.82) is 0 Å². The summed E-state index contributed by atoms with van der Waals surface area (Å²) < 4.78 is 0. The molecule has 0 radical (unpaired) electrons. The van der Waals surface area contributed by atoms with Crippen molar-refractivity contribution in [2.24, 2.45) is 0 Å². The Morgan fingerprint density at radius 2 is 0.893 bits per heavy atom. The first-order valence-electron chi connectivity index (χ1n) is 21.2. The Morgan fingerprint density at radius 1 is 0.518 bits per heavy atom. The van der Waals surface area contributed by atoms with Crippen LogP contribution in [0.5, 0.6) is 0 Å². The van der Waals surface area contributed by atoms with Gasteiger partial charge < -0.3 is 37.2 Å². The summed E-state index contributed by atoms with van der Waals surface area (Å²) in [4.78, 5) is 0. The topological polar surface area (TPSA) is 0 Å². The third kappa shape index (κ3) is 12.0. The van der Waals surface area contributed by atoms with Gasteiger partial charge >= 0.3 is 21.7 Å². The number of rotatable bonds is 16. The number of benzene rings is 3. The quantitative estimate of drug-likeness (QED) is 0.0886. The number of aryl methyl sites for hydroxylation is 4. The van der Waals surface area contributed by atoms with Crippen LogP contribution in [-0.4, -0.2) is 8.07 Å². The van der Waals surface area contributed by atoms with Gasteiger partial charge in [0.05, 0.1) is 0 Å². The summed E-state index contributed by atoms with van der Waals surface area (Å²) in [5.74, 6) is 0. The van der Waals surface area contributed by atoms with Crippen molar-refractivity contribution < 1.29 is 58.9 Å². The fraction of sp³-hybridized carbons (Fsp3) is 0.569. The van der Waals surface area contributed by atoms with Gasteiger partial charge in [0, 0.05) is 0 Å². The molecule has 0 saturated carbocycles. The Balaban J connectivity index is 0.00000756. The average molecular weight is 870 g/mol. The Kier molecular flexibility index (Phi) is 22.6. The minimum Gasteiger partial charge on any atom is -1.00 e. The van der Waals surface area contributed by atoms with E-state index in [1.807, 2.05) is 0 Å². The molecule has 0 spiro atoms. The first-order valence-corrected chi connectivity index (χ1v) is 23.2. The van der Waals surface area contributed by atoms with Gasteiger partial charge in [0.15, 0.2) is 0 Å². The Bertz CT molecular complexity index is 1670. The van der Waals surface area contributed by atoms with E-state index in [1.165, 1.54) is 90.3 Å². The first kappa shape index (κ1) is 54.9. The van der Waals surface area contributed by atoms with Gasteiger partial charge in [0.25, 0.3) is 0 Å². The monoisotopic (exact) mass is 868 g/mol. The van der Waals surface area contributed by atoms with Crippen LogP contribution in [0, 0.1) is 6.08 Å². The molecular weight excluding hydrogens is 795 g/mol. The van der Waals surface area contributed by atoms with E-state index in [0.29, 0.717) is 0 Å². The van der Waals surface area contributed by atoms with Gasteiger partial charge in [-0.1, -0.05) is 188 Å². The third-order valence-corrected chi connectivity index (χ3v) is 18.1. The average Bonchev–Trinajstić information content (AvgIpc) is 3.30. The summed E-state index contributed by atoms with van der Waals surface area (Å²) in [5, 5.41) is 4.44. The van der Waals surface area contributed by atoms with Crippen LogP contribution in [0.4, 0.5) is 0 Å². The summed E-state index contributed by atoms with van der Waals surface area (Å²) >= 11 is 0. The summed E-state index contributed by atoms with van der Waals surface area (Å²) in [6.45, 7) is 33.5. The van der Waals surface area contributed by atoms with Crippen LogP contribution in [0.1, 0.15) is 182 Å². The Morgan fingerprint density at radius 3 is 1.23 bits per heavy atom. The SMILES string of the molecule is CCCCCCc1cc(CCCCCC)cc([Si](c2cc(CC)cc(CC)c2)(c2cc(C(C)(C)C)cc(C(C)(C)C)c2)C2(C)[C-]=C(C)C(C)=C2C)c1.[Cl-].[Cl-].[Cl-].[Ti+4]. The molecule has 0 fully saturated rings. The first-order chi connectivity index (χ1) is 24.5. The molecule has 0 aliphatic heterocycles. The van der Waals surface area contributed by atoms with Gasteiger partial charge in [-0.3, -0.25) is 6.08 Å². The van der Waals surface area contributed by atoms with Gasteiger partial charge in [0.2, 0.25) is 0 Å². The Labute approximate surface area is 380 Å². The fourth-order valence-corrected chi connectivity index (χ4v) is 15.0. The number of hydrogen-bond donors (Lipinski definition) is 0. The maximum Gasteiger partial charge on any atom is 4.00 e. The maximum atomic E-state index is 4.32. The second kappa shape index (κ2) is 23.1. The second-order valence-corrected chi connectivity index (χ2v) is 22.8. The van der Waals surface area contributed by atoms with Crippen LogP contribution in [0.25, 0.3) is 0 Å². The molecule has 0 N–H and O–H groups in total. The van der Waals surface area contributed by atoms with Gasteiger partial charge in [-0.25, -0.2) is 5.57 Å². The molecule has 1 aliphatic carbocycles. The molecule has 2 unspecified atom stereocenters. The largest absolute Gasteiger partial charge is 4.00 e. The molecule has 0 bridgehead atoms. The van der Waals surface area contributed by atoms with Crippen LogP contribution >= 0.6 is 0 Å². The minimum absolute atomic E-state index is 0. The standard InChI is InChI=1S/C51H75Si.3ClH.Ti/c1-15-19-21-23-25-42-28-43(26-24-22-20-16-2)32-47(31-42)52(51(14)36-37(5)38(6)39(51)7,46-29-40(17-3)27-41(18-4)30-46)48-34-44(49(8,9)10)33-45(35-48)50(11,12)13;;;;/h27-35H,15-26H2,1-14H3;3*1H;/q-1;;;;+4/p-3. The summed E-state index contributed by atoms with van der Waals surface area (Å²) in [7, 11) is -2.94. The molecule has 0 saturated heterocycles. The van der Waals surface area contributed by atoms with Crippen LogP contribution in [0.2, 0.25) is 5.04 Å². The summed E-state index contributed by atoms with van der Waals surface area (Å²) in [6.07, 6.45) is 19.1. The molecule has 5 heteroatoms. The molecule has 4 rings (SSSR count). The van der Waals surface area contributed by atoms with Crippen molar-refractivity contribution in [1.82, 2.24) is 0 Å². The predicted molar refractivity (Wildman–Crippen MR) is 235 cm³/mol. The van der Waals surface area contributed by atoms with E-state index in [9.17, 15) is 0 Å². The van der Waals surface area contributed by atoms with Gasteiger partial charge in [0.1, 0.15) is 8.07 Å². The Hall–Kier alpha value is -1.06. The van der Waals surface area contributed by atoms with E-state index in [-0.39, 0.29) is 74.8 Å². The van der Waals surface area contributed by atoms with Crippen molar-refractivity contribution in [3.05, 3.63) is 111 Å². The van der Waals surface area contributed by atoms with Crippen LogP contribution in [0.3, 0.4) is 0 Å². The molecule has 0 nitrogen and oxygen atoms in total. The smallest absolute Gasteiger partial charge is 1.00 e. The molecule has 2 atom stereocenters. The van der Waals surface area contributed by atoms with E-state index >= 15 is 0 Å². The van der Waals surface area contributed by atoms with Crippen molar-refractivity contribution in [3.8, 4) is 0 Å². The van der Waals surface area contributed by atoms with Crippen molar-refractivity contribution >= 4 is 23.6 Å². The van der Waals surface area contributed by atoms with Crippen molar-refractivity contribution in [2.45, 2.75) is 190 Å². The van der Waals surface area contributed by atoms with E-state index in [2.05, 4.69) is 158 Å². The number of unbranched alkanes of at least 4 members (excludes halogenated alkanes) is 6. The van der Waals surface area contributed by atoms with E-state index in [0.717, 1.165) is 25.7 Å². The molecule has 0 aromatic heterocycles. The van der Waals surface area contributed by atoms with Gasteiger partial charge in [-0.05, 0) is 98.3 Å². The molecular formula is C51H75Cl3SiTi.